The molecule has 0 fully saturated rings. The number of aliphatic hydroxyl groups excluding tert-OH is 1. The molecule has 5 rings (SSSR count). The number of rotatable bonds is 11. The van der Waals surface area contributed by atoms with Gasteiger partial charge in [0.2, 0.25) is 0 Å². The third kappa shape index (κ3) is 7.35. The quantitative estimate of drug-likeness (QED) is 0.147. The number of carbonyl (C=O) groups excluding carboxylic acids is 2. The number of aliphatic hydroxyl groups is 1. The van der Waals surface area contributed by atoms with Gasteiger partial charge in [-0.25, -0.2) is 14.5 Å². The Morgan fingerprint density at radius 3 is 2.49 bits per heavy atom. The molecule has 4 N–H and O–H groups in total. The zero-order valence-corrected chi connectivity index (χ0v) is 24.1. The van der Waals surface area contributed by atoms with Crippen molar-refractivity contribution in [3.63, 3.8) is 0 Å². The number of ether oxygens (including phenoxy) is 1. The van der Waals surface area contributed by atoms with Crippen LogP contribution in [0.4, 0.5) is 22.1 Å². The molecule has 0 atom stereocenters. The number of pyridine rings is 1. The molecule has 0 aliphatic rings. The maximum absolute atomic E-state index is 13.3. The molecule has 0 aliphatic heterocycles. The van der Waals surface area contributed by atoms with Crippen LogP contribution in [-0.4, -0.2) is 38.4 Å². The van der Waals surface area contributed by atoms with Gasteiger partial charge in [-0.15, -0.1) is 0 Å². The van der Waals surface area contributed by atoms with E-state index in [0.717, 1.165) is 52.5 Å². The van der Waals surface area contributed by atoms with Crippen LogP contribution in [0.25, 0.3) is 16.5 Å². The van der Waals surface area contributed by atoms with Gasteiger partial charge in [0.25, 0.3) is 5.91 Å². The van der Waals surface area contributed by atoms with Gasteiger partial charge in [-0.2, -0.15) is 5.10 Å². The highest BCUT2D eigenvalue weighted by Crippen LogP contribution is 2.32. The number of hydrogen-bond donors (Lipinski definition) is 4. The van der Waals surface area contributed by atoms with Crippen LogP contribution in [0.3, 0.4) is 0 Å². The Labute approximate surface area is 249 Å². The number of amides is 3. The molecule has 3 aromatic carbocycles. The van der Waals surface area contributed by atoms with E-state index in [-0.39, 0.29) is 12.6 Å². The number of hydrogen-bond acceptors (Lipinski definition) is 6. The Morgan fingerprint density at radius 1 is 0.930 bits per heavy atom. The number of unbranched alkanes of at least 4 members (excludes halogenated alkanes) is 1. The van der Waals surface area contributed by atoms with E-state index in [2.05, 4.69) is 27.9 Å². The summed E-state index contributed by atoms with van der Waals surface area (Å²) in [6.45, 7) is 3.78. The van der Waals surface area contributed by atoms with E-state index in [1.54, 1.807) is 29.1 Å². The van der Waals surface area contributed by atoms with E-state index in [9.17, 15) is 9.59 Å². The molecule has 2 aromatic heterocycles. The first-order chi connectivity index (χ1) is 20.9. The lowest BCUT2D eigenvalue weighted by atomic mass is 10.1. The number of aromatic nitrogens is 3. The molecule has 10 heteroatoms. The van der Waals surface area contributed by atoms with Crippen LogP contribution in [0.5, 0.6) is 5.75 Å². The summed E-state index contributed by atoms with van der Waals surface area (Å²) in [5.74, 6) is 1.01. The number of aryl methyl sites for hydroxylation is 2. The molecule has 43 heavy (non-hydrogen) atoms. The summed E-state index contributed by atoms with van der Waals surface area (Å²) < 4.78 is 7.89. The summed E-state index contributed by atoms with van der Waals surface area (Å²) in [5, 5.41) is 23.9. The van der Waals surface area contributed by atoms with E-state index in [0.29, 0.717) is 23.1 Å². The van der Waals surface area contributed by atoms with Crippen LogP contribution in [0.2, 0.25) is 0 Å². The fraction of sp³-hybridized carbons (Fsp3) is 0.212. The van der Waals surface area contributed by atoms with Crippen molar-refractivity contribution in [3.8, 4) is 11.4 Å². The Kier molecular flexibility index (Phi) is 9.28. The van der Waals surface area contributed by atoms with Gasteiger partial charge < -0.3 is 20.5 Å². The summed E-state index contributed by atoms with van der Waals surface area (Å²) in [6, 6.07) is 24.3. The molecule has 220 valence electrons. The molecule has 3 amide bonds. The smallest absolute Gasteiger partial charge is 0.324 e. The van der Waals surface area contributed by atoms with E-state index < -0.39 is 12.5 Å². The lowest BCUT2D eigenvalue weighted by molar-refractivity contribution is -0.118. The minimum absolute atomic E-state index is 0.227. The van der Waals surface area contributed by atoms with Crippen molar-refractivity contribution in [1.82, 2.24) is 14.8 Å². The van der Waals surface area contributed by atoms with Gasteiger partial charge in [0.1, 0.15) is 30.6 Å². The Morgan fingerprint density at radius 2 is 1.72 bits per heavy atom. The van der Waals surface area contributed by atoms with E-state index in [4.69, 9.17) is 14.9 Å². The van der Waals surface area contributed by atoms with E-state index in [1.165, 1.54) is 0 Å². The number of fused-ring (bicyclic) bond motifs is 1. The molecular formula is C33H34N6O4. The van der Waals surface area contributed by atoms with Crippen LogP contribution in [-0.2, 0) is 17.8 Å². The molecule has 0 saturated carbocycles. The molecule has 0 unspecified atom stereocenters. The lowest BCUT2D eigenvalue weighted by Gasteiger charge is -2.15. The normalized spacial score (nSPS) is 10.9. The molecule has 0 saturated heterocycles. The van der Waals surface area contributed by atoms with Gasteiger partial charge in [-0.1, -0.05) is 55.3 Å². The molecule has 10 nitrogen and oxygen atoms in total. The highest BCUT2D eigenvalue weighted by Gasteiger charge is 2.15. The minimum Gasteiger partial charge on any atom is -0.488 e. The van der Waals surface area contributed by atoms with Crippen LogP contribution in [0, 0.1) is 6.92 Å². The summed E-state index contributed by atoms with van der Waals surface area (Å²) >= 11 is 0. The summed E-state index contributed by atoms with van der Waals surface area (Å²) in [6.07, 6.45) is 4.46. The highest BCUT2D eigenvalue weighted by molar-refractivity contribution is 6.07. The van der Waals surface area contributed by atoms with Gasteiger partial charge in [0.15, 0.2) is 0 Å². The first-order valence-electron chi connectivity index (χ1n) is 14.2. The summed E-state index contributed by atoms with van der Waals surface area (Å²) in [7, 11) is 0. The van der Waals surface area contributed by atoms with Crippen molar-refractivity contribution in [3.05, 3.63) is 102 Å². The number of nitrogens with zero attached hydrogens (tertiary/aromatic N) is 3. The summed E-state index contributed by atoms with van der Waals surface area (Å²) in [5.41, 5.74) is 4.35. The lowest BCUT2D eigenvalue weighted by Crippen LogP contribution is -2.21. The van der Waals surface area contributed by atoms with Gasteiger partial charge in [-0.3, -0.25) is 10.1 Å². The number of urea groups is 1. The summed E-state index contributed by atoms with van der Waals surface area (Å²) in [4.78, 5) is 28.8. The molecular weight excluding hydrogens is 544 g/mol. The standard InChI is InChI=1S/C33H34N6O4/c1-3-4-7-24-19-31(39(38-24)25-12-10-22(2)11-13-25)37-33(42)35-28-14-15-29(27-9-6-5-8-26(27)28)43-21-23-16-17-34-30(18-23)36-32(41)20-40/h5-6,8-19,40H,3-4,7,20-21H2,1-2H3,(H,34,36,41)(H2,35,37,42). The average molecular weight is 579 g/mol. The fourth-order valence-electron chi connectivity index (χ4n) is 4.63. The van der Waals surface area contributed by atoms with Crippen LogP contribution < -0.4 is 20.7 Å². The Balaban J connectivity index is 1.33. The van der Waals surface area contributed by atoms with Gasteiger partial charge in [-0.05, 0) is 61.7 Å². The first kappa shape index (κ1) is 29.3. The maximum atomic E-state index is 13.3. The van der Waals surface area contributed by atoms with Crippen molar-refractivity contribution >= 4 is 40.0 Å². The number of carbonyl (C=O) groups is 2. The van der Waals surface area contributed by atoms with Crippen molar-refractivity contribution in [2.24, 2.45) is 0 Å². The van der Waals surface area contributed by atoms with Crippen molar-refractivity contribution in [1.29, 1.82) is 0 Å². The van der Waals surface area contributed by atoms with Crippen molar-refractivity contribution in [2.45, 2.75) is 39.7 Å². The predicted octanol–water partition coefficient (Wildman–Crippen LogP) is 6.23. The number of benzene rings is 3. The monoisotopic (exact) mass is 578 g/mol. The first-order valence-corrected chi connectivity index (χ1v) is 14.2. The molecule has 2 heterocycles. The second kappa shape index (κ2) is 13.6. The minimum atomic E-state index is -0.622. The topological polar surface area (TPSA) is 130 Å². The average Bonchev–Trinajstić information content (AvgIpc) is 3.42. The zero-order valence-electron chi connectivity index (χ0n) is 24.1. The van der Waals surface area contributed by atoms with Crippen LogP contribution in [0.15, 0.2) is 85.1 Å². The van der Waals surface area contributed by atoms with Crippen LogP contribution in [0.1, 0.15) is 36.6 Å². The Bertz CT molecular complexity index is 1730. The third-order valence-corrected chi connectivity index (χ3v) is 6.83. The number of nitrogens with one attached hydrogen (secondary N) is 3. The molecule has 5 aromatic rings. The molecule has 0 spiro atoms. The zero-order chi connectivity index (χ0) is 30.2. The SMILES string of the molecule is CCCCc1cc(NC(=O)Nc2ccc(OCc3ccnc(NC(=O)CO)c3)c3ccccc23)n(-c2ccc(C)cc2)n1. The van der Waals surface area contributed by atoms with Crippen molar-refractivity contribution < 1.29 is 19.4 Å². The fourth-order valence-corrected chi connectivity index (χ4v) is 4.63. The van der Waals surface area contributed by atoms with Gasteiger partial charge >= 0.3 is 6.03 Å². The highest BCUT2D eigenvalue weighted by atomic mass is 16.5. The second-order valence-electron chi connectivity index (χ2n) is 10.2. The second-order valence-corrected chi connectivity index (χ2v) is 10.2. The molecule has 0 radical (unpaired) electrons. The predicted molar refractivity (Wildman–Crippen MR) is 168 cm³/mol. The van der Waals surface area contributed by atoms with Crippen molar-refractivity contribution in [2.75, 3.05) is 22.6 Å². The Hall–Kier alpha value is -5.22. The van der Waals surface area contributed by atoms with Crippen LogP contribution >= 0.6 is 0 Å². The van der Waals surface area contributed by atoms with Gasteiger partial charge in [0.05, 0.1) is 17.1 Å². The maximum Gasteiger partial charge on any atom is 0.324 e. The third-order valence-electron chi connectivity index (χ3n) is 6.83. The number of anilines is 3. The van der Waals surface area contributed by atoms with Gasteiger partial charge in [0, 0.05) is 23.0 Å². The largest absolute Gasteiger partial charge is 0.488 e. The van der Waals surface area contributed by atoms with E-state index in [1.807, 2.05) is 67.6 Å². The molecule has 0 aliphatic carbocycles. The molecule has 0 bridgehead atoms. The van der Waals surface area contributed by atoms with E-state index >= 15 is 0 Å².